The highest BCUT2D eigenvalue weighted by molar-refractivity contribution is 6.00. The van der Waals surface area contributed by atoms with Gasteiger partial charge in [0, 0.05) is 47.0 Å². The molecule has 3 amide bonds. The van der Waals surface area contributed by atoms with Gasteiger partial charge >= 0.3 is 12.2 Å². The number of aromatic nitrogens is 3. The molecule has 0 bridgehead atoms. The van der Waals surface area contributed by atoms with Crippen molar-refractivity contribution in [2.75, 3.05) is 10.6 Å². The van der Waals surface area contributed by atoms with Crippen LogP contribution in [-0.2, 0) is 17.5 Å². The molecule has 0 fully saturated rings. The minimum atomic E-state index is -4.48. The molecule has 0 radical (unpaired) electrons. The van der Waals surface area contributed by atoms with Crippen molar-refractivity contribution in [2.24, 2.45) is 5.73 Å². The molecule has 8 nitrogen and oxygen atoms in total. The Balaban J connectivity index is 0.00000127. The number of urea groups is 1. The number of rotatable bonds is 5. The molecule has 4 aromatic rings. The van der Waals surface area contributed by atoms with Crippen LogP contribution in [0.3, 0.4) is 0 Å². The third-order valence-electron chi connectivity index (χ3n) is 5.26. The van der Waals surface area contributed by atoms with Crippen molar-refractivity contribution in [3.05, 3.63) is 84.1 Å². The second-order valence-corrected chi connectivity index (χ2v) is 7.89. The lowest BCUT2D eigenvalue weighted by Gasteiger charge is -2.12. The summed E-state index contributed by atoms with van der Waals surface area (Å²) in [5.41, 5.74) is 6.29. The van der Waals surface area contributed by atoms with Gasteiger partial charge in [0.05, 0.1) is 11.3 Å². The maximum absolute atomic E-state index is 15.5. The fourth-order valence-corrected chi connectivity index (χ4v) is 3.55. The molecule has 0 saturated heterocycles. The quantitative estimate of drug-likeness (QED) is 0.223. The van der Waals surface area contributed by atoms with Gasteiger partial charge in [-0.25, -0.2) is 9.18 Å². The van der Waals surface area contributed by atoms with Crippen LogP contribution in [0.15, 0.2) is 67.0 Å². The van der Waals surface area contributed by atoms with Crippen LogP contribution in [0.5, 0.6) is 0 Å². The summed E-state index contributed by atoms with van der Waals surface area (Å²) in [6.45, 7) is 4.34. The molecule has 4 N–H and O–H groups in total. The zero-order valence-corrected chi connectivity index (χ0v) is 20.4. The normalized spacial score (nSPS) is 10.8. The number of anilines is 2. The number of carbonyl (C=O) groups excluding carboxylic acids is 2. The van der Waals surface area contributed by atoms with Gasteiger partial charge in [-0.2, -0.15) is 18.3 Å². The maximum Gasteiger partial charge on any atom is 0.416 e. The lowest BCUT2D eigenvalue weighted by Crippen LogP contribution is -2.20. The van der Waals surface area contributed by atoms with E-state index in [9.17, 15) is 18.0 Å². The predicted octanol–water partition coefficient (Wildman–Crippen LogP) is 5.84. The molecule has 0 aliphatic heterocycles. The second kappa shape index (κ2) is 12.0. The molecule has 0 spiro atoms. The number of nitrogens with zero attached hydrogens (tertiary/aromatic N) is 3. The van der Waals surface area contributed by atoms with Crippen LogP contribution in [0.1, 0.15) is 18.2 Å². The standard InChI is InChI=1S/C25H21F4N5O.CH3NO/c1-3-34-14-20(23(33-34)16-11-12-30-15(2)13-16)19-5-4-6-21(22(19)26)32-24(35)31-18-9-7-17(8-10-18)25(27,28)29;2-1-3/h4-14H,3H2,1-2H3,(H2,31,32,35);1H,(H2,2,3). The average Bonchev–Trinajstić information content (AvgIpc) is 3.30. The Bertz CT molecular complexity index is 1420. The van der Waals surface area contributed by atoms with Gasteiger partial charge < -0.3 is 16.4 Å². The number of carbonyl (C=O) groups is 2. The molecule has 198 valence electrons. The fourth-order valence-electron chi connectivity index (χ4n) is 3.55. The molecule has 38 heavy (non-hydrogen) atoms. The van der Waals surface area contributed by atoms with Gasteiger partial charge in [0.2, 0.25) is 6.41 Å². The third-order valence-corrected chi connectivity index (χ3v) is 5.26. The van der Waals surface area contributed by atoms with Crippen LogP contribution < -0.4 is 16.4 Å². The molecular weight excluding hydrogens is 504 g/mol. The molecule has 0 unspecified atom stereocenters. The molecule has 4 rings (SSSR count). The molecular formula is C26H24F4N6O2. The van der Waals surface area contributed by atoms with Crippen molar-refractivity contribution in [3.8, 4) is 22.4 Å². The fraction of sp³-hybridized carbons (Fsp3) is 0.154. The van der Waals surface area contributed by atoms with Gasteiger partial charge in [-0.05, 0) is 56.3 Å². The Labute approximate surface area is 215 Å². The number of alkyl halides is 3. The first kappa shape index (κ1) is 27.8. The summed E-state index contributed by atoms with van der Waals surface area (Å²) < 4.78 is 55.4. The van der Waals surface area contributed by atoms with E-state index in [0.29, 0.717) is 17.8 Å². The zero-order valence-electron chi connectivity index (χ0n) is 20.4. The van der Waals surface area contributed by atoms with E-state index in [1.807, 2.05) is 19.9 Å². The lowest BCUT2D eigenvalue weighted by molar-refractivity contribution is -0.137. The van der Waals surface area contributed by atoms with E-state index in [1.165, 1.54) is 6.07 Å². The summed E-state index contributed by atoms with van der Waals surface area (Å²) in [5.74, 6) is -0.669. The summed E-state index contributed by atoms with van der Waals surface area (Å²) in [4.78, 5) is 25.2. The molecule has 12 heteroatoms. The van der Waals surface area contributed by atoms with Crippen molar-refractivity contribution in [2.45, 2.75) is 26.6 Å². The van der Waals surface area contributed by atoms with Gasteiger partial charge in [0.25, 0.3) is 0 Å². The van der Waals surface area contributed by atoms with E-state index in [2.05, 4.69) is 26.4 Å². The number of nitrogens with one attached hydrogen (secondary N) is 2. The third kappa shape index (κ3) is 6.72. The van der Waals surface area contributed by atoms with E-state index in [1.54, 1.807) is 35.3 Å². The Hall–Kier alpha value is -4.74. The van der Waals surface area contributed by atoms with E-state index in [4.69, 9.17) is 4.79 Å². The van der Waals surface area contributed by atoms with Crippen molar-refractivity contribution in [3.63, 3.8) is 0 Å². The monoisotopic (exact) mass is 528 g/mol. The van der Waals surface area contributed by atoms with Crippen molar-refractivity contribution in [1.82, 2.24) is 14.8 Å². The molecule has 0 atom stereocenters. The van der Waals surface area contributed by atoms with Crippen molar-refractivity contribution >= 4 is 23.8 Å². The maximum atomic E-state index is 15.5. The van der Waals surface area contributed by atoms with Crippen LogP contribution in [0.4, 0.5) is 33.7 Å². The van der Waals surface area contributed by atoms with Crippen LogP contribution in [-0.4, -0.2) is 27.2 Å². The summed E-state index contributed by atoms with van der Waals surface area (Å²) in [6.07, 6.45) is -0.849. The molecule has 0 aliphatic rings. The Morgan fingerprint density at radius 1 is 1.08 bits per heavy atom. The molecule has 0 aliphatic carbocycles. The number of hydrogen-bond acceptors (Lipinski definition) is 4. The van der Waals surface area contributed by atoms with Crippen molar-refractivity contribution in [1.29, 1.82) is 0 Å². The first-order chi connectivity index (χ1) is 18.1. The van der Waals surface area contributed by atoms with E-state index < -0.39 is 23.6 Å². The SMILES string of the molecule is CCn1cc(-c2cccc(NC(=O)Nc3ccc(C(F)(F)F)cc3)c2F)c(-c2ccnc(C)c2)n1.NC=O. The van der Waals surface area contributed by atoms with Crippen LogP contribution in [0, 0.1) is 12.7 Å². The highest BCUT2D eigenvalue weighted by Gasteiger charge is 2.30. The lowest BCUT2D eigenvalue weighted by atomic mass is 10.0. The Morgan fingerprint density at radius 3 is 2.37 bits per heavy atom. The number of pyridine rings is 1. The largest absolute Gasteiger partial charge is 0.416 e. The Kier molecular flexibility index (Phi) is 8.79. The molecule has 2 aromatic heterocycles. The number of primary amides is 1. The van der Waals surface area contributed by atoms with Gasteiger partial charge in [-0.3, -0.25) is 14.5 Å². The number of hydrogen-bond donors (Lipinski definition) is 3. The molecule has 2 aromatic carbocycles. The molecule has 2 heterocycles. The highest BCUT2D eigenvalue weighted by atomic mass is 19.4. The number of amides is 3. The number of aryl methyl sites for hydroxylation is 2. The highest BCUT2D eigenvalue weighted by Crippen LogP contribution is 2.35. The summed E-state index contributed by atoms with van der Waals surface area (Å²) >= 11 is 0. The summed E-state index contributed by atoms with van der Waals surface area (Å²) in [7, 11) is 0. The van der Waals surface area contributed by atoms with E-state index >= 15 is 4.39 Å². The number of benzene rings is 2. The van der Waals surface area contributed by atoms with Gasteiger partial charge in [-0.15, -0.1) is 0 Å². The van der Waals surface area contributed by atoms with Gasteiger partial charge in [-0.1, -0.05) is 12.1 Å². The van der Waals surface area contributed by atoms with Crippen molar-refractivity contribution < 1.29 is 27.2 Å². The first-order valence-electron chi connectivity index (χ1n) is 11.3. The minimum absolute atomic E-state index is 0.0898. The Morgan fingerprint density at radius 2 is 1.76 bits per heavy atom. The predicted molar refractivity (Wildman–Crippen MR) is 136 cm³/mol. The number of halogens is 4. The zero-order chi connectivity index (χ0) is 27.9. The van der Waals surface area contributed by atoms with Gasteiger partial charge in [0.1, 0.15) is 5.69 Å². The van der Waals surface area contributed by atoms with E-state index in [0.717, 1.165) is 35.5 Å². The first-order valence-corrected chi connectivity index (χ1v) is 11.3. The smallest absolute Gasteiger partial charge is 0.372 e. The minimum Gasteiger partial charge on any atom is -0.372 e. The summed E-state index contributed by atoms with van der Waals surface area (Å²) in [6, 6.07) is 11.4. The average molecular weight is 529 g/mol. The number of nitrogens with two attached hydrogens (primary N) is 1. The van der Waals surface area contributed by atoms with Crippen LogP contribution in [0.2, 0.25) is 0 Å². The molecule has 0 saturated carbocycles. The van der Waals surface area contributed by atoms with Crippen LogP contribution in [0.25, 0.3) is 22.4 Å². The summed E-state index contributed by atoms with van der Waals surface area (Å²) in [5, 5.41) is 9.39. The van der Waals surface area contributed by atoms with Gasteiger partial charge in [0.15, 0.2) is 5.82 Å². The second-order valence-electron chi connectivity index (χ2n) is 7.89. The topological polar surface area (TPSA) is 115 Å². The van der Waals surface area contributed by atoms with Crippen LogP contribution >= 0.6 is 0 Å². The van der Waals surface area contributed by atoms with E-state index in [-0.39, 0.29) is 23.3 Å².